The highest BCUT2D eigenvalue weighted by Gasteiger charge is 2.37. The van der Waals surface area contributed by atoms with Crippen LogP contribution in [0.5, 0.6) is 11.8 Å². The number of nitrogens with two attached hydrogens (primary N) is 1. The first-order chi connectivity index (χ1) is 18.5. The van der Waals surface area contributed by atoms with Crippen LogP contribution in [0.15, 0.2) is 18.2 Å². The fourth-order valence-electron chi connectivity index (χ4n) is 4.85. The number of aromatic nitrogens is 4. The van der Waals surface area contributed by atoms with Crippen molar-refractivity contribution in [2.75, 3.05) is 45.6 Å². The van der Waals surface area contributed by atoms with Crippen molar-refractivity contribution in [3.63, 3.8) is 0 Å². The first kappa shape index (κ1) is 26.2. The normalized spacial score (nSPS) is 17.1. The summed E-state index contributed by atoms with van der Waals surface area (Å²) in [5, 5.41) is 17.6. The molecule has 4 N–H and O–H groups in total. The van der Waals surface area contributed by atoms with E-state index in [-0.39, 0.29) is 23.7 Å². The van der Waals surface area contributed by atoms with Gasteiger partial charge in [0.05, 0.1) is 19.4 Å². The number of hydrogen-bond donors (Lipinski definition) is 3. The number of unbranched alkanes of at least 4 members (excludes halogenated alkanes) is 1. The van der Waals surface area contributed by atoms with Crippen molar-refractivity contribution in [1.29, 1.82) is 0 Å². The van der Waals surface area contributed by atoms with Crippen LogP contribution in [0.1, 0.15) is 49.4 Å². The zero-order valence-corrected chi connectivity index (χ0v) is 22.2. The van der Waals surface area contributed by atoms with E-state index in [0.717, 1.165) is 67.9 Å². The molecule has 1 saturated carbocycles. The number of H-pyrrole nitrogens is 1. The minimum atomic E-state index is -0.826. The molecule has 1 amide bonds. The lowest BCUT2D eigenvalue weighted by Crippen LogP contribution is -2.51. The van der Waals surface area contributed by atoms with Gasteiger partial charge in [0.25, 0.3) is 5.91 Å². The quantitative estimate of drug-likeness (QED) is 0.322. The number of carbonyl (C=O) groups is 1. The first-order valence-corrected chi connectivity index (χ1v) is 13.4. The Hall–Kier alpha value is -3.44. The Morgan fingerprint density at radius 2 is 2.00 bits per heavy atom. The number of fused-ring (bicyclic) bond motifs is 1. The third-order valence-electron chi connectivity index (χ3n) is 7.34. The molecule has 3 aromatic rings. The van der Waals surface area contributed by atoms with E-state index in [1.165, 1.54) is 0 Å². The van der Waals surface area contributed by atoms with E-state index in [9.17, 15) is 9.90 Å². The molecule has 2 fully saturated rings. The lowest BCUT2D eigenvalue weighted by atomic mass is 10.0. The van der Waals surface area contributed by atoms with Crippen molar-refractivity contribution in [2.24, 2.45) is 5.92 Å². The van der Waals surface area contributed by atoms with Crippen molar-refractivity contribution in [3.05, 3.63) is 35.0 Å². The summed E-state index contributed by atoms with van der Waals surface area (Å²) < 4.78 is 11.4. The lowest BCUT2D eigenvalue weighted by Gasteiger charge is -2.35. The molecule has 0 spiro atoms. The Labute approximate surface area is 222 Å². The number of rotatable bonds is 11. The van der Waals surface area contributed by atoms with Gasteiger partial charge in [0.1, 0.15) is 17.4 Å². The standard InChI is InChI=1S/C27H37N7O4/c1-3-4-13-38-27-29-22-20(31-32-23(22)25(28)30-27)15-19-6-5-17(14-21(19)37-2)16-33-9-11-34(12-10-33)26(36)24(35)18-7-8-18/h5-6,14,18,24,35H,3-4,7-13,15-16H2,1-2H3,(H,31,32)(H2,28,29,30). The van der Waals surface area contributed by atoms with Crippen LogP contribution in [-0.4, -0.2) is 87.0 Å². The molecule has 1 atom stereocenters. The van der Waals surface area contributed by atoms with Crippen LogP contribution in [0, 0.1) is 5.92 Å². The van der Waals surface area contributed by atoms with E-state index in [0.29, 0.717) is 37.2 Å². The molecule has 5 rings (SSSR count). The zero-order valence-electron chi connectivity index (χ0n) is 22.2. The minimum absolute atomic E-state index is 0.115. The van der Waals surface area contributed by atoms with Crippen LogP contribution in [-0.2, 0) is 17.8 Å². The average molecular weight is 524 g/mol. The second kappa shape index (κ2) is 11.5. The van der Waals surface area contributed by atoms with Crippen molar-refractivity contribution in [2.45, 2.75) is 51.7 Å². The Bertz CT molecular complexity index is 1270. The third-order valence-corrected chi connectivity index (χ3v) is 7.34. The van der Waals surface area contributed by atoms with Gasteiger partial charge in [-0.15, -0.1) is 0 Å². The molecule has 0 radical (unpaired) electrons. The predicted octanol–water partition coefficient (Wildman–Crippen LogP) is 2.13. The van der Waals surface area contributed by atoms with Gasteiger partial charge in [0.2, 0.25) is 0 Å². The zero-order chi connectivity index (χ0) is 26.6. The topological polar surface area (TPSA) is 143 Å². The largest absolute Gasteiger partial charge is 0.496 e. The smallest absolute Gasteiger partial charge is 0.319 e. The predicted molar refractivity (Wildman–Crippen MR) is 143 cm³/mol. The van der Waals surface area contributed by atoms with Crippen LogP contribution in [0.3, 0.4) is 0 Å². The number of benzene rings is 1. The number of nitrogens with one attached hydrogen (secondary N) is 1. The van der Waals surface area contributed by atoms with Gasteiger partial charge in [-0.3, -0.25) is 14.8 Å². The molecule has 1 aromatic carbocycles. The van der Waals surface area contributed by atoms with Crippen molar-refractivity contribution < 1.29 is 19.4 Å². The van der Waals surface area contributed by atoms with Gasteiger partial charge < -0.3 is 25.2 Å². The molecule has 1 saturated heterocycles. The Morgan fingerprint density at radius 3 is 2.71 bits per heavy atom. The number of anilines is 1. The summed E-state index contributed by atoms with van der Waals surface area (Å²) in [5.74, 6) is 1.12. The van der Waals surface area contributed by atoms with E-state index in [1.54, 1.807) is 12.0 Å². The molecule has 204 valence electrons. The summed E-state index contributed by atoms with van der Waals surface area (Å²) in [6.07, 6.45) is 3.56. The maximum absolute atomic E-state index is 12.5. The number of nitrogens with zero attached hydrogens (tertiary/aromatic N) is 5. The van der Waals surface area contributed by atoms with Crippen molar-refractivity contribution >= 4 is 22.8 Å². The molecule has 38 heavy (non-hydrogen) atoms. The van der Waals surface area contributed by atoms with Gasteiger partial charge in [-0.25, -0.2) is 0 Å². The van der Waals surface area contributed by atoms with Gasteiger partial charge in [-0.05, 0) is 36.8 Å². The van der Waals surface area contributed by atoms with Crippen LogP contribution in [0.2, 0.25) is 0 Å². The molecule has 11 nitrogen and oxygen atoms in total. The fourth-order valence-corrected chi connectivity index (χ4v) is 4.85. The van der Waals surface area contributed by atoms with Crippen LogP contribution in [0.25, 0.3) is 11.0 Å². The minimum Gasteiger partial charge on any atom is -0.496 e. The molecular formula is C27H37N7O4. The van der Waals surface area contributed by atoms with E-state index in [1.807, 2.05) is 0 Å². The molecule has 1 unspecified atom stereocenters. The second-order valence-electron chi connectivity index (χ2n) is 10.2. The molecule has 3 heterocycles. The number of aliphatic hydroxyl groups is 1. The van der Waals surface area contributed by atoms with Crippen LogP contribution in [0.4, 0.5) is 5.82 Å². The lowest BCUT2D eigenvalue weighted by molar-refractivity contribution is -0.143. The molecule has 2 aromatic heterocycles. The van der Waals surface area contributed by atoms with E-state index < -0.39 is 6.10 Å². The van der Waals surface area contributed by atoms with Gasteiger partial charge in [-0.1, -0.05) is 25.5 Å². The van der Waals surface area contributed by atoms with E-state index in [2.05, 4.69) is 50.2 Å². The molecule has 1 aliphatic carbocycles. The average Bonchev–Trinajstić information content (AvgIpc) is 3.70. The summed E-state index contributed by atoms with van der Waals surface area (Å²) in [6, 6.07) is 6.49. The molecule has 11 heteroatoms. The number of nitrogen functional groups attached to an aromatic ring is 1. The Morgan fingerprint density at radius 1 is 1.21 bits per heavy atom. The number of carbonyl (C=O) groups excluding carboxylic acids is 1. The number of hydrogen-bond acceptors (Lipinski definition) is 9. The van der Waals surface area contributed by atoms with Crippen molar-refractivity contribution in [1.82, 2.24) is 30.0 Å². The molecule has 0 bridgehead atoms. The van der Waals surface area contributed by atoms with Gasteiger partial charge in [0, 0.05) is 44.7 Å². The Kier molecular flexibility index (Phi) is 7.94. The maximum atomic E-state index is 12.5. The maximum Gasteiger partial charge on any atom is 0.319 e. The van der Waals surface area contributed by atoms with Crippen LogP contribution < -0.4 is 15.2 Å². The molecule has 2 aliphatic rings. The number of piperazine rings is 1. The number of ether oxygens (including phenoxy) is 2. The highest BCUT2D eigenvalue weighted by molar-refractivity contribution is 5.86. The summed E-state index contributed by atoms with van der Waals surface area (Å²) in [5.41, 5.74) is 10.2. The monoisotopic (exact) mass is 523 g/mol. The number of methoxy groups -OCH3 is 1. The SMILES string of the molecule is CCCCOc1nc(N)c2n[nH]c(Cc3ccc(CN4CCN(C(=O)C(O)C5CC5)CC4)cc3OC)c2n1. The number of aromatic amines is 1. The highest BCUT2D eigenvalue weighted by Crippen LogP contribution is 2.33. The third kappa shape index (κ3) is 5.83. The van der Waals surface area contributed by atoms with E-state index in [4.69, 9.17) is 15.2 Å². The molecular weight excluding hydrogens is 486 g/mol. The van der Waals surface area contributed by atoms with Gasteiger partial charge in [0.15, 0.2) is 11.3 Å². The number of amides is 1. The fraction of sp³-hybridized carbons (Fsp3) is 0.556. The Balaban J connectivity index is 1.23. The van der Waals surface area contributed by atoms with Crippen molar-refractivity contribution in [3.8, 4) is 11.8 Å². The first-order valence-electron chi connectivity index (χ1n) is 13.4. The molecule has 1 aliphatic heterocycles. The summed E-state index contributed by atoms with van der Waals surface area (Å²) in [6.45, 7) is 6.23. The van der Waals surface area contributed by atoms with E-state index >= 15 is 0 Å². The van der Waals surface area contributed by atoms with Gasteiger partial charge in [-0.2, -0.15) is 15.1 Å². The number of aliphatic hydroxyl groups excluding tert-OH is 1. The summed E-state index contributed by atoms with van der Waals surface area (Å²) >= 11 is 0. The summed E-state index contributed by atoms with van der Waals surface area (Å²) in [7, 11) is 1.67. The highest BCUT2D eigenvalue weighted by atomic mass is 16.5. The van der Waals surface area contributed by atoms with Gasteiger partial charge >= 0.3 is 6.01 Å². The van der Waals surface area contributed by atoms with Crippen LogP contribution >= 0.6 is 0 Å². The summed E-state index contributed by atoms with van der Waals surface area (Å²) in [4.78, 5) is 25.4. The second-order valence-corrected chi connectivity index (χ2v) is 10.2.